The predicted molar refractivity (Wildman–Crippen MR) is 82.4 cm³/mol. The molecule has 3 aromatic rings. The first-order valence-electron chi connectivity index (χ1n) is 6.30. The van der Waals surface area contributed by atoms with Gasteiger partial charge in [-0.15, -0.1) is 0 Å². The van der Waals surface area contributed by atoms with E-state index < -0.39 is 0 Å². The Balaban J connectivity index is 2.01. The number of pyridine rings is 1. The van der Waals surface area contributed by atoms with Crippen molar-refractivity contribution in [2.75, 3.05) is 0 Å². The number of halogens is 1. The number of para-hydroxylation sites is 1. The molecular formula is C15H14BrN3O. The van der Waals surface area contributed by atoms with Gasteiger partial charge in [0, 0.05) is 23.3 Å². The Morgan fingerprint density at radius 3 is 2.90 bits per heavy atom. The average Bonchev–Trinajstić information content (AvgIpc) is 2.72. The number of ether oxygens (including phenoxy) is 1. The van der Waals surface area contributed by atoms with E-state index in [0.29, 0.717) is 11.1 Å². The van der Waals surface area contributed by atoms with Gasteiger partial charge in [-0.2, -0.15) is 5.10 Å². The van der Waals surface area contributed by atoms with Crippen LogP contribution in [0.2, 0.25) is 0 Å². The number of aromatic nitrogens is 3. The number of fused-ring (bicyclic) bond motifs is 1. The summed E-state index contributed by atoms with van der Waals surface area (Å²) < 4.78 is 7.72. The average molecular weight is 332 g/mol. The van der Waals surface area contributed by atoms with Gasteiger partial charge >= 0.3 is 0 Å². The fraction of sp³-hybridized carbons (Fsp3) is 0.200. The highest BCUT2D eigenvalue weighted by atomic mass is 79.9. The minimum absolute atomic E-state index is 0.711. The van der Waals surface area contributed by atoms with Crippen LogP contribution in [0.1, 0.15) is 11.3 Å². The lowest BCUT2D eigenvalue weighted by Crippen LogP contribution is -1.97. The van der Waals surface area contributed by atoms with Crippen LogP contribution in [-0.4, -0.2) is 14.8 Å². The highest BCUT2D eigenvalue weighted by molar-refractivity contribution is 9.08. The SMILES string of the molecule is Cc1nn(C)c(Oc2cnc3ccccc3c2)c1CBr. The van der Waals surface area contributed by atoms with E-state index >= 15 is 0 Å². The van der Waals surface area contributed by atoms with Gasteiger partial charge in [0.05, 0.1) is 17.4 Å². The maximum absolute atomic E-state index is 5.97. The summed E-state index contributed by atoms with van der Waals surface area (Å²) in [6.07, 6.45) is 1.74. The lowest BCUT2D eigenvalue weighted by molar-refractivity contribution is 0.426. The number of aryl methyl sites for hydroxylation is 2. The van der Waals surface area contributed by atoms with Gasteiger partial charge in [0.1, 0.15) is 5.75 Å². The maximum atomic E-state index is 5.97. The lowest BCUT2D eigenvalue weighted by atomic mass is 10.2. The molecule has 0 saturated carbocycles. The van der Waals surface area contributed by atoms with Crippen LogP contribution in [0.5, 0.6) is 11.6 Å². The van der Waals surface area contributed by atoms with Crippen LogP contribution in [-0.2, 0) is 12.4 Å². The number of nitrogens with zero attached hydrogens (tertiary/aromatic N) is 3. The second kappa shape index (κ2) is 5.25. The largest absolute Gasteiger partial charge is 0.437 e. The molecule has 0 fully saturated rings. The Morgan fingerprint density at radius 1 is 1.30 bits per heavy atom. The summed E-state index contributed by atoms with van der Waals surface area (Å²) in [5.74, 6) is 1.46. The Bertz CT molecular complexity index is 767. The summed E-state index contributed by atoms with van der Waals surface area (Å²) in [5.41, 5.74) is 2.98. The summed E-state index contributed by atoms with van der Waals surface area (Å²) in [4.78, 5) is 4.40. The molecule has 0 aliphatic heterocycles. The fourth-order valence-electron chi connectivity index (χ4n) is 2.18. The van der Waals surface area contributed by atoms with Gasteiger partial charge in [-0.1, -0.05) is 34.1 Å². The van der Waals surface area contributed by atoms with E-state index in [1.54, 1.807) is 10.9 Å². The normalized spacial score (nSPS) is 10.9. The Labute approximate surface area is 125 Å². The van der Waals surface area contributed by atoms with Gasteiger partial charge in [0.25, 0.3) is 0 Å². The number of hydrogen-bond donors (Lipinski definition) is 0. The zero-order valence-electron chi connectivity index (χ0n) is 11.3. The molecule has 2 aromatic heterocycles. The van der Waals surface area contributed by atoms with Crippen LogP contribution >= 0.6 is 15.9 Å². The molecule has 20 heavy (non-hydrogen) atoms. The summed E-state index contributed by atoms with van der Waals surface area (Å²) in [6, 6.07) is 9.96. The third kappa shape index (κ3) is 2.29. The molecule has 0 spiro atoms. The van der Waals surface area contributed by atoms with Gasteiger partial charge in [0.15, 0.2) is 0 Å². The van der Waals surface area contributed by atoms with E-state index in [1.165, 1.54) is 0 Å². The van der Waals surface area contributed by atoms with Crippen molar-refractivity contribution in [2.45, 2.75) is 12.3 Å². The first-order valence-corrected chi connectivity index (χ1v) is 7.42. The standard InChI is InChI=1S/C15H14BrN3O/c1-10-13(8-16)15(19(2)18-10)20-12-7-11-5-3-4-6-14(11)17-9-12/h3-7,9H,8H2,1-2H3. The molecule has 5 heteroatoms. The van der Waals surface area contributed by atoms with Gasteiger partial charge in [-0.05, 0) is 19.1 Å². The number of alkyl halides is 1. The minimum Gasteiger partial charge on any atom is -0.437 e. The molecule has 0 atom stereocenters. The zero-order valence-corrected chi connectivity index (χ0v) is 12.9. The third-order valence-electron chi connectivity index (χ3n) is 3.20. The van der Waals surface area contributed by atoms with Crippen LogP contribution in [0.3, 0.4) is 0 Å². The van der Waals surface area contributed by atoms with Crippen LogP contribution in [0.25, 0.3) is 10.9 Å². The topological polar surface area (TPSA) is 39.9 Å². The van der Waals surface area contributed by atoms with Crippen LogP contribution in [0.4, 0.5) is 0 Å². The van der Waals surface area contributed by atoms with Crippen molar-refractivity contribution >= 4 is 26.8 Å². The van der Waals surface area contributed by atoms with Crippen molar-refractivity contribution in [1.82, 2.24) is 14.8 Å². The molecule has 0 bridgehead atoms. The zero-order chi connectivity index (χ0) is 14.1. The summed E-state index contributed by atoms with van der Waals surface area (Å²) in [7, 11) is 1.88. The minimum atomic E-state index is 0.711. The Kier molecular flexibility index (Phi) is 3.44. The fourth-order valence-corrected chi connectivity index (χ4v) is 2.83. The third-order valence-corrected chi connectivity index (χ3v) is 3.76. The Hall–Kier alpha value is -1.88. The van der Waals surface area contributed by atoms with Crippen molar-refractivity contribution < 1.29 is 4.74 Å². The van der Waals surface area contributed by atoms with Crippen molar-refractivity contribution in [1.29, 1.82) is 0 Å². The van der Waals surface area contributed by atoms with Gasteiger partial charge in [-0.3, -0.25) is 4.98 Å². The quantitative estimate of drug-likeness (QED) is 0.682. The van der Waals surface area contributed by atoms with E-state index in [-0.39, 0.29) is 0 Å². The molecule has 0 saturated heterocycles. The molecule has 0 unspecified atom stereocenters. The molecule has 4 nitrogen and oxygen atoms in total. The van der Waals surface area contributed by atoms with E-state index in [0.717, 1.165) is 28.0 Å². The van der Waals surface area contributed by atoms with Crippen molar-refractivity contribution in [2.24, 2.45) is 7.05 Å². The van der Waals surface area contributed by atoms with E-state index in [9.17, 15) is 0 Å². The smallest absolute Gasteiger partial charge is 0.221 e. The van der Waals surface area contributed by atoms with E-state index in [1.807, 2.05) is 44.3 Å². The molecular weight excluding hydrogens is 318 g/mol. The monoisotopic (exact) mass is 331 g/mol. The summed E-state index contributed by atoms with van der Waals surface area (Å²) >= 11 is 3.48. The van der Waals surface area contributed by atoms with Gasteiger partial charge in [-0.25, -0.2) is 4.68 Å². The molecule has 3 rings (SSSR count). The lowest BCUT2D eigenvalue weighted by Gasteiger charge is -2.08. The van der Waals surface area contributed by atoms with Crippen molar-refractivity contribution in [3.05, 3.63) is 47.8 Å². The van der Waals surface area contributed by atoms with Crippen LogP contribution in [0, 0.1) is 6.92 Å². The van der Waals surface area contributed by atoms with Gasteiger partial charge < -0.3 is 4.74 Å². The van der Waals surface area contributed by atoms with Crippen molar-refractivity contribution in [3.63, 3.8) is 0 Å². The predicted octanol–water partition coefficient (Wildman–Crippen LogP) is 3.96. The maximum Gasteiger partial charge on any atom is 0.221 e. The number of rotatable bonds is 3. The molecule has 1 aromatic carbocycles. The molecule has 0 amide bonds. The first kappa shape index (κ1) is 13.1. The second-order valence-corrected chi connectivity index (χ2v) is 5.15. The second-order valence-electron chi connectivity index (χ2n) is 4.59. The molecule has 102 valence electrons. The van der Waals surface area contributed by atoms with Crippen molar-refractivity contribution in [3.8, 4) is 11.6 Å². The van der Waals surface area contributed by atoms with E-state index in [2.05, 4.69) is 26.0 Å². The molecule has 2 heterocycles. The highest BCUT2D eigenvalue weighted by Crippen LogP contribution is 2.29. The van der Waals surface area contributed by atoms with E-state index in [4.69, 9.17) is 4.74 Å². The summed E-state index contributed by atoms with van der Waals surface area (Å²) in [6.45, 7) is 1.97. The Morgan fingerprint density at radius 2 is 2.10 bits per heavy atom. The number of benzene rings is 1. The van der Waals surface area contributed by atoms with Gasteiger partial charge in [0.2, 0.25) is 5.88 Å². The molecule has 0 radical (unpaired) electrons. The first-order chi connectivity index (χ1) is 9.69. The summed E-state index contributed by atoms with van der Waals surface area (Å²) in [5, 5.41) is 6.15. The molecule has 0 aliphatic rings. The number of hydrogen-bond acceptors (Lipinski definition) is 3. The van der Waals surface area contributed by atoms with Crippen LogP contribution in [0.15, 0.2) is 36.5 Å². The molecule has 0 N–H and O–H groups in total. The highest BCUT2D eigenvalue weighted by Gasteiger charge is 2.14. The van der Waals surface area contributed by atoms with Crippen LogP contribution < -0.4 is 4.74 Å². The molecule has 0 aliphatic carbocycles.